The van der Waals surface area contributed by atoms with Crippen LogP contribution in [0, 0.1) is 5.92 Å². The Bertz CT molecular complexity index is 608. The SMILES string of the molecule is CCCCC[C@@H](O)c1ccc([C@@H]2CCC(=O)[C@H]2CCCCCCC(=O)O)cc1. The standard InChI is InChI=1S/C24H36O4/c1-2-3-6-10-22(25)19-14-12-18(13-15-19)20-16-17-23(26)21(20)9-7-4-5-8-11-24(27)28/h12-15,20-22,25H,2-11,16-17H2,1H3,(H,27,28)/t20-,21-,22+/m0/s1. The van der Waals surface area contributed by atoms with Gasteiger partial charge in [-0.25, -0.2) is 0 Å². The van der Waals surface area contributed by atoms with Crippen LogP contribution in [-0.4, -0.2) is 22.0 Å². The largest absolute Gasteiger partial charge is 0.481 e. The first-order valence-corrected chi connectivity index (χ1v) is 11.0. The first kappa shape index (κ1) is 22.6. The number of rotatable bonds is 13. The van der Waals surface area contributed by atoms with Gasteiger partial charge in [-0.3, -0.25) is 9.59 Å². The number of carboxylic acid groups (broad SMARTS) is 1. The Morgan fingerprint density at radius 2 is 1.79 bits per heavy atom. The summed E-state index contributed by atoms with van der Waals surface area (Å²) in [5, 5.41) is 19.0. The van der Waals surface area contributed by atoms with Crippen molar-refractivity contribution in [3.8, 4) is 0 Å². The summed E-state index contributed by atoms with van der Waals surface area (Å²) >= 11 is 0. The van der Waals surface area contributed by atoms with Gasteiger partial charge in [0.1, 0.15) is 5.78 Å². The maximum atomic E-state index is 12.4. The molecule has 0 amide bonds. The van der Waals surface area contributed by atoms with E-state index in [0.29, 0.717) is 12.2 Å². The Kier molecular flexibility index (Phi) is 9.69. The predicted molar refractivity (Wildman–Crippen MR) is 111 cm³/mol. The lowest BCUT2D eigenvalue weighted by Crippen LogP contribution is -2.13. The number of hydrogen-bond acceptors (Lipinski definition) is 3. The van der Waals surface area contributed by atoms with Gasteiger partial charge in [-0.1, -0.05) is 69.7 Å². The number of aliphatic hydroxyl groups excluding tert-OH is 1. The molecule has 3 atom stereocenters. The normalized spacial score (nSPS) is 20.4. The van der Waals surface area contributed by atoms with Gasteiger partial charge in [-0.15, -0.1) is 0 Å². The van der Waals surface area contributed by atoms with Crippen molar-refractivity contribution in [3.63, 3.8) is 0 Å². The van der Waals surface area contributed by atoms with Crippen molar-refractivity contribution in [1.29, 1.82) is 0 Å². The molecule has 0 spiro atoms. The molecule has 0 bridgehead atoms. The molecule has 0 aliphatic heterocycles. The van der Waals surface area contributed by atoms with Gasteiger partial charge in [0.15, 0.2) is 0 Å². The molecule has 2 N–H and O–H groups in total. The fraction of sp³-hybridized carbons (Fsp3) is 0.667. The molecule has 2 rings (SSSR count). The average molecular weight is 389 g/mol. The number of carbonyl (C=O) groups is 2. The second-order valence-corrected chi connectivity index (χ2v) is 8.24. The molecule has 1 aromatic rings. The quantitative estimate of drug-likeness (QED) is 0.420. The summed E-state index contributed by atoms with van der Waals surface area (Å²) in [7, 11) is 0. The Morgan fingerprint density at radius 1 is 1.07 bits per heavy atom. The lowest BCUT2D eigenvalue weighted by atomic mass is 9.84. The highest BCUT2D eigenvalue weighted by molar-refractivity contribution is 5.84. The van der Waals surface area contributed by atoms with Crippen molar-refractivity contribution in [2.45, 2.75) is 96.0 Å². The molecule has 1 fully saturated rings. The highest BCUT2D eigenvalue weighted by atomic mass is 16.4. The van der Waals surface area contributed by atoms with Crippen LogP contribution in [0.4, 0.5) is 0 Å². The van der Waals surface area contributed by atoms with E-state index in [9.17, 15) is 14.7 Å². The van der Waals surface area contributed by atoms with E-state index in [2.05, 4.69) is 19.1 Å². The lowest BCUT2D eigenvalue weighted by molar-refractivity contribution is -0.137. The second-order valence-electron chi connectivity index (χ2n) is 8.24. The first-order valence-electron chi connectivity index (χ1n) is 11.0. The highest BCUT2D eigenvalue weighted by Gasteiger charge is 2.34. The summed E-state index contributed by atoms with van der Waals surface area (Å²) in [6.45, 7) is 2.16. The summed E-state index contributed by atoms with van der Waals surface area (Å²) in [4.78, 5) is 22.9. The number of carbonyl (C=O) groups excluding carboxylic acids is 1. The number of aliphatic carboxylic acids is 1. The van der Waals surface area contributed by atoms with E-state index in [1.165, 1.54) is 5.56 Å². The molecule has 156 valence electrons. The maximum Gasteiger partial charge on any atom is 0.303 e. The third-order valence-corrected chi connectivity index (χ3v) is 6.09. The molecule has 0 radical (unpaired) electrons. The molecule has 4 heteroatoms. The van der Waals surface area contributed by atoms with Crippen LogP contribution in [0.2, 0.25) is 0 Å². The summed E-state index contributed by atoms with van der Waals surface area (Å²) in [6.07, 6.45) is 10.1. The van der Waals surface area contributed by atoms with Crippen molar-refractivity contribution < 1.29 is 19.8 Å². The van der Waals surface area contributed by atoms with E-state index < -0.39 is 12.1 Å². The van der Waals surface area contributed by atoms with Gasteiger partial charge >= 0.3 is 5.97 Å². The molecular formula is C24H36O4. The molecule has 1 aliphatic rings. The Morgan fingerprint density at radius 3 is 2.46 bits per heavy atom. The lowest BCUT2D eigenvalue weighted by Gasteiger charge is -2.20. The topological polar surface area (TPSA) is 74.6 Å². The van der Waals surface area contributed by atoms with E-state index in [4.69, 9.17) is 5.11 Å². The Balaban J connectivity index is 1.84. The van der Waals surface area contributed by atoms with Crippen molar-refractivity contribution in [2.75, 3.05) is 0 Å². The van der Waals surface area contributed by atoms with Crippen LogP contribution in [0.5, 0.6) is 0 Å². The maximum absolute atomic E-state index is 12.4. The molecule has 0 aromatic heterocycles. The van der Waals surface area contributed by atoms with E-state index >= 15 is 0 Å². The summed E-state index contributed by atoms with van der Waals surface area (Å²) in [5.74, 6) is 0.0294. The summed E-state index contributed by atoms with van der Waals surface area (Å²) in [6, 6.07) is 8.25. The Hall–Kier alpha value is -1.68. The van der Waals surface area contributed by atoms with Crippen molar-refractivity contribution in [3.05, 3.63) is 35.4 Å². The predicted octanol–water partition coefficient (Wildman–Crippen LogP) is 5.79. The summed E-state index contributed by atoms with van der Waals surface area (Å²) in [5.41, 5.74) is 2.19. The first-order chi connectivity index (χ1) is 13.5. The highest BCUT2D eigenvalue weighted by Crippen LogP contribution is 2.40. The molecule has 1 saturated carbocycles. The van der Waals surface area contributed by atoms with Crippen LogP contribution in [0.15, 0.2) is 24.3 Å². The average Bonchev–Trinajstić information content (AvgIpc) is 3.05. The van der Waals surface area contributed by atoms with Gasteiger partial charge < -0.3 is 10.2 Å². The third-order valence-electron chi connectivity index (χ3n) is 6.09. The zero-order valence-corrected chi connectivity index (χ0v) is 17.2. The number of unbranched alkanes of at least 4 members (excludes halogenated alkanes) is 5. The minimum absolute atomic E-state index is 0.0970. The molecular weight excluding hydrogens is 352 g/mol. The van der Waals surface area contributed by atoms with Gasteiger partial charge in [0.05, 0.1) is 6.10 Å². The smallest absolute Gasteiger partial charge is 0.303 e. The van der Waals surface area contributed by atoms with Crippen LogP contribution in [0.25, 0.3) is 0 Å². The van der Waals surface area contributed by atoms with Gasteiger partial charge in [-0.2, -0.15) is 0 Å². The van der Waals surface area contributed by atoms with Crippen LogP contribution in [-0.2, 0) is 9.59 Å². The van der Waals surface area contributed by atoms with Crippen molar-refractivity contribution in [1.82, 2.24) is 0 Å². The van der Waals surface area contributed by atoms with Crippen LogP contribution >= 0.6 is 0 Å². The van der Waals surface area contributed by atoms with E-state index in [-0.39, 0.29) is 18.3 Å². The zero-order valence-electron chi connectivity index (χ0n) is 17.2. The monoisotopic (exact) mass is 388 g/mol. The molecule has 4 nitrogen and oxygen atoms in total. The van der Waals surface area contributed by atoms with E-state index in [0.717, 1.165) is 69.8 Å². The van der Waals surface area contributed by atoms with Gasteiger partial charge in [0.2, 0.25) is 0 Å². The Labute approximate surface area is 169 Å². The van der Waals surface area contributed by atoms with Gasteiger partial charge in [0, 0.05) is 18.8 Å². The fourth-order valence-electron chi connectivity index (χ4n) is 4.38. The van der Waals surface area contributed by atoms with Crippen LogP contribution in [0.3, 0.4) is 0 Å². The molecule has 0 unspecified atom stereocenters. The van der Waals surface area contributed by atoms with Gasteiger partial charge in [-0.05, 0) is 42.7 Å². The molecule has 1 aromatic carbocycles. The van der Waals surface area contributed by atoms with E-state index in [1.807, 2.05) is 12.1 Å². The molecule has 28 heavy (non-hydrogen) atoms. The molecule has 1 aliphatic carbocycles. The zero-order chi connectivity index (χ0) is 20.4. The van der Waals surface area contributed by atoms with E-state index in [1.54, 1.807) is 0 Å². The minimum atomic E-state index is -0.732. The molecule has 0 heterocycles. The minimum Gasteiger partial charge on any atom is -0.481 e. The van der Waals surface area contributed by atoms with Crippen molar-refractivity contribution >= 4 is 11.8 Å². The number of Topliss-reactive ketones (excluding diaryl/α,β-unsaturated/α-hetero) is 1. The van der Waals surface area contributed by atoms with Crippen molar-refractivity contribution in [2.24, 2.45) is 5.92 Å². The summed E-state index contributed by atoms with van der Waals surface area (Å²) < 4.78 is 0. The third kappa shape index (κ3) is 7.05. The van der Waals surface area contributed by atoms with Gasteiger partial charge in [0.25, 0.3) is 0 Å². The fourth-order valence-corrected chi connectivity index (χ4v) is 4.38. The number of aliphatic hydroxyl groups is 1. The number of ketones is 1. The van der Waals surface area contributed by atoms with Crippen LogP contribution in [0.1, 0.15) is 107 Å². The molecule has 0 saturated heterocycles. The number of carboxylic acids is 1. The number of benzene rings is 1. The second kappa shape index (κ2) is 12.0. The van der Waals surface area contributed by atoms with Crippen LogP contribution < -0.4 is 0 Å². The number of hydrogen-bond donors (Lipinski definition) is 2.